The third kappa shape index (κ3) is 3.83. The van der Waals surface area contributed by atoms with Crippen molar-refractivity contribution in [2.24, 2.45) is 4.99 Å². The molecule has 0 radical (unpaired) electrons. The lowest BCUT2D eigenvalue weighted by Gasteiger charge is -2.23. The molecule has 28 heavy (non-hydrogen) atoms. The van der Waals surface area contributed by atoms with Crippen molar-refractivity contribution >= 4 is 23.5 Å². The molecule has 2 aliphatic rings. The minimum absolute atomic E-state index is 0.0612. The highest BCUT2D eigenvalue weighted by Gasteiger charge is 2.29. The van der Waals surface area contributed by atoms with Gasteiger partial charge in [-0.15, -0.1) is 0 Å². The van der Waals surface area contributed by atoms with Crippen LogP contribution in [0.15, 0.2) is 65.0 Å². The third-order valence-electron chi connectivity index (χ3n) is 4.23. The summed E-state index contributed by atoms with van der Waals surface area (Å²) in [5.74, 6) is -0.745. The van der Waals surface area contributed by atoms with Crippen LogP contribution in [-0.4, -0.2) is 44.2 Å². The summed E-state index contributed by atoms with van der Waals surface area (Å²) in [5, 5.41) is 0. The zero-order chi connectivity index (χ0) is 20.3. The predicted octanol–water partition coefficient (Wildman–Crippen LogP) is 2.73. The molecule has 0 unspecified atom stereocenters. The van der Waals surface area contributed by atoms with Gasteiger partial charge in [0.1, 0.15) is 12.3 Å². The molecule has 0 fully saturated rings. The van der Waals surface area contributed by atoms with Crippen LogP contribution in [0.1, 0.15) is 19.4 Å². The molecular weight excluding hydrogens is 360 g/mol. The standard InChI is InChI=1S/C21H22N2O5/c1-21(2)13-28-18(22-21)14-8-7-9-15(12-14)23-11-6-5-10-16(19(24)26-3)17(23)20(25)27-4/h5-12H,13H2,1-4H3. The lowest BCUT2D eigenvalue weighted by atomic mass is 10.1. The largest absolute Gasteiger partial charge is 0.475 e. The fourth-order valence-corrected chi connectivity index (χ4v) is 2.89. The van der Waals surface area contributed by atoms with Gasteiger partial charge in [-0.25, -0.2) is 14.6 Å². The van der Waals surface area contributed by atoms with Crippen LogP contribution >= 0.6 is 0 Å². The summed E-state index contributed by atoms with van der Waals surface area (Å²) in [4.78, 5) is 30.9. The highest BCUT2D eigenvalue weighted by atomic mass is 16.5. The molecule has 0 atom stereocenters. The Morgan fingerprint density at radius 3 is 2.54 bits per heavy atom. The molecule has 1 aromatic carbocycles. The number of anilines is 1. The maximum atomic E-state index is 12.5. The van der Waals surface area contributed by atoms with E-state index in [1.165, 1.54) is 20.3 Å². The van der Waals surface area contributed by atoms with Gasteiger partial charge in [-0.05, 0) is 44.2 Å². The summed E-state index contributed by atoms with van der Waals surface area (Å²) >= 11 is 0. The van der Waals surface area contributed by atoms with Gasteiger partial charge in [-0.3, -0.25) is 0 Å². The second kappa shape index (κ2) is 7.72. The minimum atomic E-state index is -0.655. The molecular formula is C21H22N2O5. The molecule has 146 valence electrons. The van der Waals surface area contributed by atoms with Crippen molar-refractivity contribution in [1.29, 1.82) is 0 Å². The van der Waals surface area contributed by atoms with Crippen molar-refractivity contribution in [1.82, 2.24) is 0 Å². The molecule has 2 aliphatic heterocycles. The van der Waals surface area contributed by atoms with E-state index in [1.807, 2.05) is 38.1 Å². The Balaban J connectivity index is 2.09. The lowest BCUT2D eigenvalue weighted by molar-refractivity contribution is -0.139. The first-order valence-corrected chi connectivity index (χ1v) is 8.74. The average molecular weight is 382 g/mol. The summed E-state index contributed by atoms with van der Waals surface area (Å²) in [6, 6.07) is 7.37. The lowest BCUT2D eigenvalue weighted by Crippen LogP contribution is -2.27. The molecule has 1 aromatic rings. The first kappa shape index (κ1) is 19.4. The van der Waals surface area contributed by atoms with Crippen molar-refractivity contribution < 1.29 is 23.8 Å². The fourth-order valence-electron chi connectivity index (χ4n) is 2.89. The number of aliphatic imine (C=N–C) groups is 1. The number of carbonyl (C=O) groups is 2. The number of esters is 2. The van der Waals surface area contributed by atoms with E-state index in [4.69, 9.17) is 14.2 Å². The predicted molar refractivity (Wildman–Crippen MR) is 105 cm³/mol. The second-order valence-electron chi connectivity index (χ2n) is 6.88. The van der Waals surface area contributed by atoms with Crippen LogP contribution in [0.2, 0.25) is 0 Å². The maximum absolute atomic E-state index is 12.5. The summed E-state index contributed by atoms with van der Waals surface area (Å²) in [7, 11) is 2.53. The van der Waals surface area contributed by atoms with Crippen LogP contribution in [0.25, 0.3) is 0 Å². The quantitative estimate of drug-likeness (QED) is 0.745. The second-order valence-corrected chi connectivity index (χ2v) is 6.88. The van der Waals surface area contributed by atoms with Crippen LogP contribution in [-0.2, 0) is 23.8 Å². The van der Waals surface area contributed by atoms with Crippen molar-refractivity contribution in [2.45, 2.75) is 19.4 Å². The van der Waals surface area contributed by atoms with Gasteiger partial charge in [-0.1, -0.05) is 12.1 Å². The van der Waals surface area contributed by atoms with Crippen molar-refractivity contribution in [3.05, 3.63) is 65.5 Å². The number of allylic oxidation sites excluding steroid dienone is 2. The number of carbonyl (C=O) groups excluding carboxylic acids is 2. The molecule has 0 N–H and O–H groups in total. The minimum Gasteiger partial charge on any atom is -0.475 e. The van der Waals surface area contributed by atoms with E-state index < -0.39 is 11.9 Å². The monoisotopic (exact) mass is 382 g/mol. The molecule has 0 bridgehead atoms. The zero-order valence-corrected chi connectivity index (χ0v) is 16.3. The Morgan fingerprint density at radius 1 is 1.14 bits per heavy atom. The van der Waals surface area contributed by atoms with Crippen LogP contribution in [0.5, 0.6) is 0 Å². The van der Waals surface area contributed by atoms with Crippen LogP contribution in [0, 0.1) is 0 Å². The summed E-state index contributed by atoms with van der Waals surface area (Å²) in [5.41, 5.74) is 1.30. The summed E-state index contributed by atoms with van der Waals surface area (Å²) in [6.45, 7) is 4.49. The van der Waals surface area contributed by atoms with Gasteiger partial charge in [0.15, 0.2) is 0 Å². The Labute approximate surface area is 163 Å². The van der Waals surface area contributed by atoms with Gasteiger partial charge in [0.05, 0.1) is 25.3 Å². The molecule has 7 heteroatoms. The first-order valence-electron chi connectivity index (χ1n) is 8.74. The summed E-state index contributed by atoms with van der Waals surface area (Å²) in [6.07, 6.45) is 6.58. The molecule has 0 aliphatic carbocycles. The maximum Gasteiger partial charge on any atom is 0.355 e. The smallest absolute Gasteiger partial charge is 0.355 e. The third-order valence-corrected chi connectivity index (χ3v) is 4.23. The Morgan fingerprint density at radius 2 is 1.89 bits per heavy atom. The number of hydrogen-bond acceptors (Lipinski definition) is 7. The van der Waals surface area contributed by atoms with E-state index in [-0.39, 0.29) is 16.8 Å². The van der Waals surface area contributed by atoms with Crippen molar-refractivity contribution in [2.75, 3.05) is 25.7 Å². The van der Waals surface area contributed by atoms with Crippen LogP contribution < -0.4 is 4.90 Å². The van der Waals surface area contributed by atoms with E-state index in [0.29, 0.717) is 18.2 Å². The SMILES string of the molecule is COC(=O)C1=C(C(=O)OC)N(c2cccc(C3=NC(C)(C)CO3)c2)C=CC=C1. The van der Waals surface area contributed by atoms with E-state index in [1.54, 1.807) is 23.3 Å². The number of hydrogen-bond donors (Lipinski definition) is 0. The topological polar surface area (TPSA) is 77.4 Å². The van der Waals surface area contributed by atoms with Gasteiger partial charge >= 0.3 is 11.9 Å². The molecule has 0 amide bonds. The number of ether oxygens (including phenoxy) is 3. The Kier molecular flexibility index (Phi) is 5.35. The van der Waals surface area contributed by atoms with E-state index in [0.717, 1.165) is 5.56 Å². The van der Waals surface area contributed by atoms with Crippen LogP contribution in [0.3, 0.4) is 0 Å². The van der Waals surface area contributed by atoms with E-state index in [9.17, 15) is 9.59 Å². The molecule has 0 saturated carbocycles. The van der Waals surface area contributed by atoms with E-state index in [2.05, 4.69) is 4.99 Å². The molecule has 2 heterocycles. The molecule has 0 aromatic heterocycles. The molecule has 3 rings (SSSR count). The van der Waals surface area contributed by atoms with Gasteiger partial charge < -0.3 is 19.1 Å². The number of methoxy groups -OCH3 is 2. The first-order chi connectivity index (χ1) is 13.4. The Hall–Kier alpha value is -3.35. The van der Waals surface area contributed by atoms with Crippen molar-refractivity contribution in [3.8, 4) is 0 Å². The number of rotatable bonds is 4. The Bertz CT molecular complexity index is 924. The molecule has 7 nitrogen and oxygen atoms in total. The highest BCUT2D eigenvalue weighted by molar-refractivity contribution is 6.05. The van der Waals surface area contributed by atoms with E-state index >= 15 is 0 Å². The zero-order valence-electron chi connectivity index (χ0n) is 16.3. The molecule has 0 spiro atoms. The number of benzene rings is 1. The van der Waals surface area contributed by atoms with Crippen molar-refractivity contribution in [3.63, 3.8) is 0 Å². The average Bonchev–Trinajstić information content (AvgIpc) is 2.92. The molecule has 0 saturated heterocycles. The van der Waals surface area contributed by atoms with Gasteiger partial charge in [0.25, 0.3) is 0 Å². The highest BCUT2D eigenvalue weighted by Crippen LogP contribution is 2.28. The summed E-state index contributed by atoms with van der Waals surface area (Å²) < 4.78 is 15.5. The normalized spacial score (nSPS) is 17.7. The van der Waals surface area contributed by atoms with Gasteiger partial charge in [-0.2, -0.15) is 0 Å². The number of nitrogens with zero attached hydrogens (tertiary/aromatic N) is 2. The van der Waals surface area contributed by atoms with Crippen LogP contribution in [0.4, 0.5) is 5.69 Å². The van der Waals surface area contributed by atoms with Gasteiger partial charge in [0, 0.05) is 17.5 Å². The fraction of sp³-hybridized carbons (Fsp3) is 0.286. The van der Waals surface area contributed by atoms with Gasteiger partial charge in [0.2, 0.25) is 5.90 Å².